The molecule has 0 saturated carbocycles. The molecule has 0 amide bonds. The average Bonchev–Trinajstić information content (AvgIpc) is 2.31. The minimum Gasteiger partial charge on any atom is -0.319 e. The van der Waals surface area contributed by atoms with Crippen LogP contribution in [0.4, 0.5) is 0 Å². The molecule has 18 heavy (non-hydrogen) atoms. The predicted octanol–water partition coefficient (Wildman–Crippen LogP) is 0.505. The lowest BCUT2D eigenvalue weighted by Gasteiger charge is -2.30. The first-order valence-corrected chi connectivity index (χ1v) is 7.31. The summed E-state index contributed by atoms with van der Waals surface area (Å²) in [4.78, 5) is 2.41. The molecular formula is C14H32N4. The molecule has 1 heterocycles. The molecule has 0 spiro atoms. The van der Waals surface area contributed by atoms with Crippen LogP contribution in [0.3, 0.4) is 0 Å². The average molecular weight is 256 g/mol. The summed E-state index contributed by atoms with van der Waals surface area (Å²) in [5.74, 6) is 0. The molecule has 1 aliphatic rings. The second-order valence-electron chi connectivity index (χ2n) is 6.40. The summed E-state index contributed by atoms with van der Waals surface area (Å²) >= 11 is 0. The maximum absolute atomic E-state index is 3.66. The first-order valence-electron chi connectivity index (χ1n) is 7.31. The molecule has 0 aromatic heterocycles. The number of piperidine rings is 1. The molecule has 4 heteroatoms. The van der Waals surface area contributed by atoms with Gasteiger partial charge >= 0.3 is 0 Å². The zero-order chi connectivity index (χ0) is 13.4. The van der Waals surface area contributed by atoms with Crippen LogP contribution in [0.1, 0.15) is 26.7 Å². The van der Waals surface area contributed by atoms with Gasteiger partial charge in [-0.25, -0.2) is 0 Å². The molecule has 1 aliphatic heterocycles. The van der Waals surface area contributed by atoms with Gasteiger partial charge in [-0.15, -0.1) is 0 Å². The van der Waals surface area contributed by atoms with Crippen molar-refractivity contribution in [3.8, 4) is 0 Å². The van der Waals surface area contributed by atoms with E-state index in [0.717, 1.165) is 32.2 Å². The Balaban J connectivity index is 1.98. The molecule has 0 aromatic carbocycles. The third-order valence-electron chi connectivity index (χ3n) is 3.71. The zero-order valence-electron chi connectivity index (χ0n) is 12.7. The van der Waals surface area contributed by atoms with E-state index in [0.29, 0.717) is 5.41 Å². The minimum atomic E-state index is 0.336. The lowest BCUT2D eigenvalue weighted by atomic mass is 9.93. The van der Waals surface area contributed by atoms with Crippen LogP contribution in [0.15, 0.2) is 0 Å². The predicted molar refractivity (Wildman–Crippen MR) is 79.1 cm³/mol. The Hall–Kier alpha value is -0.160. The smallest absolute Gasteiger partial charge is 0.00919 e. The summed E-state index contributed by atoms with van der Waals surface area (Å²) in [5, 5.41) is 10.4. The number of hydrogen-bond donors (Lipinski definition) is 3. The van der Waals surface area contributed by atoms with Gasteiger partial charge in [0.25, 0.3) is 0 Å². The van der Waals surface area contributed by atoms with Gasteiger partial charge < -0.3 is 20.9 Å². The fourth-order valence-electron chi connectivity index (χ4n) is 2.55. The summed E-state index contributed by atoms with van der Waals surface area (Å²) in [6, 6.07) is 0.730. The van der Waals surface area contributed by atoms with Crippen LogP contribution < -0.4 is 16.0 Å². The second kappa shape index (κ2) is 8.10. The van der Waals surface area contributed by atoms with Crippen LogP contribution in [-0.2, 0) is 0 Å². The largest absolute Gasteiger partial charge is 0.319 e. The molecule has 0 aliphatic carbocycles. The molecule has 0 unspecified atom stereocenters. The molecule has 3 N–H and O–H groups in total. The SMILES string of the molecule is CNCC(C)(C)CNCCNC1CCN(C)CC1. The summed E-state index contributed by atoms with van der Waals surface area (Å²) < 4.78 is 0. The third-order valence-corrected chi connectivity index (χ3v) is 3.71. The van der Waals surface area contributed by atoms with E-state index in [-0.39, 0.29) is 0 Å². The van der Waals surface area contributed by atoms with Gasteiger partial charge in [0.15, 0.2) is 0 Å². The summed E-state index contributed by atoms with van der Waals surface area (Å²) in [6.45, 7) is 11.3. The first-order chi connectivity index (χ1) is 8.53. The van der Waals surface area contributed by atoms with Gasteiger partial charge in [-0.1, -0.05) is 13.8 Å². The standard InChI is InChI=1S/C14H32N4/c1-14(2,11-15-3)12-16-7-8-17-13-5-9-18(4)10-6-13/h13,15-17H,5-12H2,1-4H3. The molecule has 108 valence electrons. The fourth-order valence-corrected chi connectivity index (χ4v) is 2.55. The Morgan fingerprint density at radius 3 is 2.39 bits per heavy atom. The maximum atomic E-state index is 3.66. The topological polar surface area (TPSA) is 39.3 Å². The van der Waals surface area contributed by atoms with Crippen molar-refractivity contribution in [2.24, 2.45) is 5.41 Å². The fraction of sp³-hybridized carbons (Fsp3) is 1.00. The van der Waals surface area contributed by atoms with Crippen molar-refractivity contribution in [2.75, 3.05) is 53.4 Å². The molecule has 1 saturated heterocycles. The van der Waals surface area contributed by atoms with Crippen LogP contribution in [0.2, 0.25) is 0 Å². The van der Waals surface area contributed by atoms with Crippen LogP contribution in [0.5, 0.6) is 0 Å². The molecule has 1 rings (SSSR count). The Morgan fingerprint density at radius 1 is 1.11 bits per heavy atom. The number of likely N-dealkylation sites (tertiary alicyclic amines) is 1. The monoisotopic (exact) mass is 256 g/mol. The van der Waals surface area contributed by atoms with E-state index in [2.05, 4.69) is 41.7 Å². The van der Waals surface area contributed by atoms with E-state index in [1.165, 1.54) is 25.9 Å². The van der Waals surface area contributed by atoms with Gasteiger partial charge in [-0.2, -0.15) is 0 Å². The van der Waals surface area contributed by atoms with Crippen molar-refractivity contribution < 1.29 is 0 Å². The quantitative estimate of drug-likeness (QED) is 0.553. The maximum Gasteiger partial charge on any atom is 0.00919 e. The van der Waals surface area contributed by atoms with Gasteiger partial charge in [-0.05, 0) is 45.4 Å². The second-order valence-corrected chi connectivity index (χ2v) is 6.40. The van der Waals surface area contributed by atoms with Gasteiger partial charge in [-0.3, -0.25) is 0 Å². The van der Waals surface area contributed by atoms with Crippen LogP contribution in [-0.4, -0.2) is 64.3 Å². The van der Waals surface area contributed by atoms with Crippen molar-refractivity contribution in [1.82, 2.24) is 20.9 Å². The van der Waals surface area contributed by atoms with Crippen molar-refractivity contribution >= 4 is 0 Å². The van der Waals surface area contributed by atoms with Gasteiger partial charge in [0.05, 0.1) is 0 Å². The number of nitrogens with zero attached hydrogens (tertiary/aromatic N) is 1. The number of nitrogens with one attached hydrogen (secondary N) is 3. The highest BCUT2D eigenvalue weighted by Gasteiger charge is 2.17. The summed E-state index contributed by atoms with van der Waals surface area (Å²) in [5.41, 5.74) is 0.336. The van der Waals surface area contributed by atoms with Crippen molar-refractivity contribution in [2.45, 2.75) is 32.7 Å². The normalized spacial score (nSPS) is 19.3. The van der Waals surface area contributed by atoms with E-state index >= 15 is 0 Å². The highest BCUT2D eigenvalue weighted by atomic mass is 15.1. The zero-order valence-corrected chi connectivity index (χ0v) is 12.7. The molecule has 0 radical (unpaired) electrons. The minimum absolute atomic E-state index is 0.336. The van der Waals surface area contributed by atoms with Crippen molar-refractivity contribution in [3.63, 3.8) is 0 Å². The van der Waals surface area contributed by atoms with E-state index in [1.807, 2.05) is 7.05 Å². The molecule has 0 atom stereocenters. The van der Waals surface area contributed by atoms with E-state index < -0.39 is 0 Å². The van der Waals surface area contributed by atoms with Gasteiger partial charge in [0.2, 0.25) is 0 Å². The van der Waals surface area contributed by atoms with Crippen molar-refractivity contribution in [1.29, 1.82) is 0 Å². The lowest BCUT2D eigenvalue weighted by molar-refractivity contribution is 0.234. The molecule has 0 bridgehead atoms. The summed E-state index contributed by atoms with van der Waals surface area (Å²) in [7, 11) is 4.23. The van der Waals surface area contributed by atoms with Crippen LogP contribution >= 0.6 is 0 Å². The molecule has 4 nitrogen and oxygen atoms in total. The third kappa shape index (κ3) is 6.69. The van der Waals surface area contributed by atoms with Gasteiger partial charge in [0, 0.05) is 32.2 Å². The highest BCUT2D eigenvalue weighted by Crippen LogP contribution is 2.11. The van der Waals surface area contributed by atoms with E-state index in [4.69, 9.17) is 0 Å². The first kappa shape index (κ1) is 15.9. The van der Waals surface area contributed by atoms with E-state index in [1.54, 1.807) is 0 Å². The number of rotatable bonds is 8. The Labute approximate surface area is 113 Å². The summed E-state index contributed by atoms with van der Waals surface area (Å²) in [6.07, 6.45) is 2.59. The van der Waals surface area contributed by atoms with Crippen molar-refractivity contribution in [3.05, 3.63) is 0 Å². The van der Waals surface area contributed by atoms with Crippen LogP contribution in [0, 0.1) is 5.41 Å². The van der Waals surface area contributed by atoms with Crippen LogP contribution in [0.25, 0.3) is 0 Å². The van der Waals surface area contributed by atoms with E-state index in [9.17, 15) is 0 Å². The van der Waals surface area contributed by atoms with Gasteiger partial charge in [0.1, 0.15) is 0 Å². The Bertz CT molecular complexity index is 210. The molecule has 0 aromatic rings. The molecular weight excluding hydrogens is 224 g/mol. The number of hydrogen-bond acceptors (Lipinski definition) is 4. The Morgan fingerprint density at radius 2 is 1.78 bits per heavy atom. The molecule has 1 fully saturated rings. The Kier molecular flexibility index (Phi) is 7.15. The lowest BCUT2D eigenvalue weighted by Crippen LogP contribution is -2.44. The highest BCUT2D eigenvalue weighted by molar-refractivity contribution is 4.77.